The summed E-state index contributed by atoms with van der Waals surface area (Å²) in [6, 6.07) is 0.334. The van der Waals surface area contributed by atoms with Gasteiger partial charge < -0.3 is 9.80 Å². The van der Waals surface area contributed by atoms with Crippen molar-refractivity contribution in [2.75, 3.05) is 29.4 Å². The highest BCUT2D eigenvalue weighted by Crippen LogP contribution is 2.38. The smallest absolute Gasteiger partial charge is 0.350 e. The highest BCUT2D eigenvalue weighted by atomic mass is 16.6. The summed E-state index contributed by atoms with van der Waals surface area (Å²) in [5.74, 6) is 1.54. The van der Waals surface area contributed by atoms with Crippen molar-refractivity contribution in [1.29, 1.82) is 0 Å². The third-order valence-corrected chi connectivity index (χ3v) is 5.29. The van der Waals surface area contributed by atoms with Crippen LogP contribution >= 0.6 is 0 Å². The molecule has 2 aliphatic heterocycles. The van der Waals surface area contributed by atoms with Gasteiger partial charge in [-0.25, -0.2) is 9.97 Å². The van der Waals surface area contributed by atoms with E-state index in [-0.39, 0.29) is 10.6 Å². The molecule has 0 radical (unpaired) electrons. The Labute approximate surface area is 143 Å². The van der Waals surface area contributed by atoms with Gasteiger partial charge in [-0.2, -0.15) is 0 Å². The van der Waals surface area contributed by atoms with Crippen LogP contribution in [-0.4, -0.2) is 40.6 Å². The van der Waals surface area contributed by atoms with Gasteiger partial charge in [0.05, 0.1) is 4.92 Å². The highest BCUT2D eigenvalue weighted by Gasteiger charge is 2.34. The first-order valence-electron chi connectivity index (χ1n) is 9.12. The Morgan fingerprint density at radius 3 is 2.71 bits per heavy atom. The van der Waals surface area contributed by atoms with E-state index in [0.717, 1.165) is 45.3 Å². The number of hydrogen-bond acceptors (Lipinski definition) is 6. The van der Waals surface area contributed by atoms with Crippen LogP contribution in [0, 0.1) is 16.0 Å². The monoisotopic (exact) mass is 333 g/mol. The van der Waals surface area contributed by atoms with Crippen LogP contribution in [0.5, 0.6) is 0 Å². The van der Waals surface area contributed by atoms with Gasteiger partial charge in [0, 0.05) is 25.7 Å². The van der Waals surface area contributed by atoms with Gasteiger partial charge in [0.2, 0.25) is 11.6 Å². The molecule has 2 saturated heterocycles. The van der Waals surface area contributed by atoms with Crippen molar-refractivity contribution in [3.05, 3.63) is 16.4 Å². The first-order chi connectivity index (χ1) is 11.6. The summed E-state index contributed by atoms with van der Waals surface area (Å²) in [7, 11) is 0. The molecule has 0 spiro atoms. The van der Waals surface area contributed by atoms with Crippen LogP contribution in [0.3, 0.4) is 0 Å². The number of aromatic nitrogens is 2. The van der Waals surface area contributed by atoms with E-state index < -0.39 is 0 Å². The van der Waals surface area contributed by atoms with Crippen molar-refractivity contribution < 1.29 is 4.92 Å². The van der Waals surface area contributed by atoms with Crippen LogP contribution in [0.15, 0.2) is 6.33 Å². The molecule has 0 aliphatic carbocycles. The van der Waals surface area contributed by atoms with Crippen molar-refractivity contribution in [3.63, 3.8) is 0 Å². The summed E-state index contributed by atoms with van der Waals surface area (Å²) in [6.07, 6.45) is 8.03. The van der Waals surface area contributed by atoms with Crippen molar-refractivity contribution >= 4 is 17.3 Å². The highest BCUT2D eigenvalue weighted by molar-refractivity contribution is 5.71. The maximum Gasteiger partial charge on any atom is 0.353 e. The summed E-state index contributed by atoms with van der Waals surface area (Å²) in [5, 5.41) is 11.9. The number of rotatable bonds is 4. The number of piperidine rings is 2. The lowest BCUT2D eigenvalue weighted by molar-refractivity contribution is -0.383. The van der Waals surface area contributed by atoms with Gasteiger partial charge in [-0.3, -0.25) is 10.1 Å². The van der Waals surface area contributed by atoms with Crippen molar-refractivity contribution in [2.45, 2.75) is 58.4 Å². The molecule has 2 unspecified atom stereocenters. The van der Waals surface area contributed by atoms with E-state index in [2.05, 4.69) is 33.6 Å². The van der Waals surface area contributed by atoms with E-state index in [1.54, 1.807) is 0 Å². The molecule has 0 amide bonds. The van der Waals surface area contributed by atoms with E-state index in [1.807, 2.05) is 0 Å². The molecule has 2 atom stereocenters. The first-order valence-corrected chi connectivity index (χ1v) is 9.12. The standard InChI is InChI=1S/C17H27N5O2/c1-3-14-8-4-5-10-21(14)17-15(22(23)24)16(18-12-19-17)20-9-6-7-13(2)11-20/h12-14H,3-11H2,1-2H3. The van der Waals surface area contributed by atoms with Crippen molar-refractivity contribution in [3.8, 4) is 0 Å². The molecule has 0 N–H and O–H groups in total. The minimum atomic E-state index is -0.286. The number of nitrogens with zero attached hydrogens (tertiary/aromatic N) is 5. The molecule has 2 aliphatic rings. The molecule has 1 aromatic heterocycles. The second kappa shape index (κ2) is 7.32. The van der Waals surface area contributed by atoms with Gasteiger partial charge in [0.1, 0.15) is 6.33 Å². The number of hydrogen-bond donors (Lipinski definition) is 0. The first kappa shape index (κ1) is 16.9. The maximum atomic E-state index is 11.9. The predicted octanol–water partition coefficient (Wildman–Crippen LogP) is 3.39. The Kier molecular flexibility index (Phi) is 5.16. The summed E-state index contributed by atoms with van der Waals surface area (Å²) in [4.78, 5) is 24.5. The topological polar surface area (TPSA) is 75.4 Å². The average molecular weight is 333 g/mol. The lowest BCUT2D eigenvalue weighted by Crippen LogP contribution is -2.41. The Balaban J connectivity index is 2.00. The zero-order valence-corrected chi connectivity index (χ0v) is 14.6. The Hall–Kier alpha value is -1.92. The van der Waals surface area contributed by atoms with Crippen LogP contribution in [0.2, 0.25) is 0 Å². The Bertz CT molecular complexity index is 594. The summed E-state index contributed by atoms with van der Waals surface area (Å²) in [6.45, 7) is 6.83. The molecule has 0 saturated carbocycles. The lowest BCUT2D eigenvalue weighted by Gasteiger charge is -2.36. The fraction of sp³-hybridized carbons (Fsp3) is 0.765. The van der Waals surface area contributed by atoms with Crippen LogP contribution in [0.25, 0.3) is 0 Å². The fourth-order valence-electron chi connectivity index (χ4n) is 4.05. The largest absolute Gasteiger partial charge is 0.353 e. The van der Waals surface area contributed by atoms with E-state index >= 15 is 0 Å². The van der Waals surface area contributed by atoms with Gasteiger partial charge in [0.25, 0.3) is 0 Å². The molecule has 0 bridgehead atoms. The molecule has 24 heavy (non-hydrogen) atoms. The normalized spacial score (nSPS) is 24.9. The Morgan fingerprint density at radius 1 is 1.21 bits per heavy atom. The van der Waals surface area contributed by atoms with Crippen LogP contribution in [0.1, 0.15) is 52.4 Å². The van der Waals surface area contributed by atoms with Gasteiger partial charge in [0.15, 0.2) is 0 Å². The van der Waals surface area contributed by atoms with E-state index in [0.29, 0.717) is 23.6 Å². The maximum absolute atomic E-state index is 11.9. The molecule has 3 rings (SSSR count). The van der Waals surface area contributed by atoms with E-state index in [9.17, 15) is 10.1 Å². The van der Waals surface area contributed by atoms with Crippen LogP contribution < -0.4 is 9.80 Å². The number of nitro groups is 1. The van der Waals surface area contributed by atoms with Gasteiger partial charge in [-0.05, 0) is 44.4 Å². The van der Waals surface area contributed by atoms with Gasteiger partial charge >= 0.3 is 5.69 Å². The quantitative estimate of drug-likeness (QED) is 0.621. The molecule has 1 aromatic rings. The van der Waals surface area contributed by atoms with E-state index in [1.165, 1.54) is 19.2 Å². The van der Waals surface area contributed by atoms with Crippen molar-refractivity contribution in [2.24, 2.45) is 5.92 Å². The molecule has 7 heteroatoms. The van der Waals surface area contributed by atoms with Crippen molar-refractivity contribution in [1.82, 2.24) is 9.97 Å². The minimum Gasteiger partial charge on any atom is -0.350 e. The second-order valence-electron chi connectivity index (χ2n) is 7.07. The summed E-state index contributed by atoms with van der Waals surface area (Å²) >= 11 is 0. The zero-order chi connectivity index (χ0) is 17.1. The molecule has 3 heterocycles. The van der Waals surface area contributed by atoms with Gasteiger partial charge in [-0.15, -0.1) is 0 Å². The molecule has 132 valence electrons. The Morgan fingerprint density at radius 2 is 2.00 bits per heavy atom. The van der Waals surface area contributed by atoms with E-state index in [4.69, 9.17) is 0 Å². The zero-order valence-electron chi connectivity index (χ0n) is 14.6. The second-order valence-corrected chi connectivity index (χ2v) is 7.07. The lowest BCUT2D eigenvalue weighted by atomic mass is 9.99. The average Bonchev–Trinajstić information content (AvgIpc) is 2.61. The molecule has 7 nitrogen and oxygen atoms in total. The molecule has 2 fully saturated rings. The predicted molar refractivity (Wildman–Crippen MR) is 94.6 cm³/mol. The molecule has 0 aromatic carbocycles. The van der Waals surface area contributed by atoms with Crippen LogP contribution in [0.4, 0.5) is 17.3 Å². The fourth-order valence-corrected chi connectivity index (χ4v) is 4.05. The third kappa shape index (κ3) is 3.30. The number of anilines is 2. The minimum absolute atomic E-state index is 0.0898. The van der Waals surface area contributed by atoms with Crippen LogP contribution in [-0.2, 0) is 0 Å². The van der Waals surface area contributed by atoms with Gasteiger partial charge in [-0.1, -0.05) is 13.8 Å². The SMILES string of the molecule is CCC1CCCCN1c1ncnc(N2CCCC(C)C2)c1[N+](=O)[O-]. The molecular weight excluding hydrogens is 306 g/mol. The summed E-state index contributed by atoms with van der Waals surface area (Å²) < 4.78 is 0. The summed E-state index contributed by atoms with van der Waals surface area (Å²) in [5.41, 5.74) is 0.0898. The third-order valence-electron chi connectivity index (χ3n) is 5.29. The molecular formula is C17H27N5O2.